The molecule has 0 nitrogen and oxygen atoms in total. The third-order valence-electron chi connectivity index (χ3n) is 7.48. The normalized spacial score (nSPS) is 10.7. The van der Waals surface area contributed by atoms with Crippen LogP contribution in [0.4, 0.5) is 0 Å². The van der Waals surface area contributed by atoms with Gasteiger partial charge in [-0.1, -0.05) is 119 Å². The second-order valence-corrected chi connectivity index (χ2v) is 22.2. The zero-order valence-electron chi connectivity index (χ0n) is 27.3. The summed E-state index contributed by atoms with van der Waals surface area (Å²) in [6, 6.07) is 41.9. The maximum Gasteiger partial charge on any atom is -0.0132 e. The van der Waals surface area contributed by atoms with E-state index in [0.717, 1.165) is 0 Å². The van der Waals surface area contributed by atoms with E-state index < -0.39 is 0 Å². The summed E-state index contributed by atoms with van der Waals surface area (Å²) in [5, 5.41) is 5.40. The molecule has 0 aliphatic heterocycles. The van der Waals surface area contributed by atoms with E-state index >= 15 is 0 Å². The summed E-state index contributed by atoms with van der Waals surface area (Å²) in [6.45, 7) is 18.0. The van der Waals surface area contributed by atoms with Crippen molar-refractivity contribution in [3.8, 4) is 22.3 Å². The Bertz CT molecular complexity index is 1760. The van der Waals surface area contributed by atoms with Gasteiger partial charge in [-0.15, -0.1) is 69.1 Å². The van der Waals surface area contributed by atoms with Crippen LogP contribution in [0.3, 0.4) is 0 Å². The van der Waals surface area contributed by atoms with Crippen molar-refractivity contribution >= 4 is 27.0 Å². The van der Waals surface area contributed by atoms with Gasteiger partial charge in [-0.2, -0.15) is 12.1 Å². The molecule has 0 atom stereocenters. The summed E-state index contributed by atoms with van der Waals surface area (Å²) < 4.78 is 0. The maximum absolute atomic E-state index is 2.34. The van der Waals surface area contributed by atoms with Gasteiger partial charge in [0.15, 0.2) is 0 Å². The number of hydrogen-bond acceptors (Lipinski definition) is 0. The number of aryl methyl sites for hydroxylation is 1. The quantitative estimate of drug-likeness (QED) is 0.157. The van der Waals surface area contributed by atoms with Gasteiger partial charge in [-0.25, -0.2) is 0 Å². The summed E-state index contributed by atoms with van der Waals surface area (Å²) in [5.74, 6) is 0.584. The Labute approximate surface area is 293 Å². The van der Waals surface area contributed by atoms with Gasteiger partial charge >= 0.3 is 41.9 Å². The molecule has 6 aromatic carbocycles. The second-order valence-electron chi connectivity index (χ2n) is 12.8. The predicted molar refractivity (Wildman–Crippen MR) is 185 cm³/mol. The van der Waals surface area contributed by atoms with Gasteiger partial charge in [0.2, 0.25) is 0 Å². The molecule has 0 bridgehead atoms. The number of fused-ring (bicyclic) bond motifs is 2. The van der Waals surface area contributed by atoms with Crippen LogP contribution in [0.25, 0.3) is 43.8 Å². The first-order valence-corrected chi connectivity index (χ1v) is 21.2. The Balaban J connectivity index is 0.000000264. The van der Waals surface area contributed by atoms with Crippen LogP contribution in [-0.4, -0.2) is 5.43 Å². The first-order valence-electron chi connectivity index (χ1n) is 15.0. The molecule has 6 aromatic rings. The fourth-order valence-electron chi connectivity index (χ4n) is 5.25. The molecule has 0 amide bonds. The summed E-state index contributed by atoms with van der Waals surface area (Å²) in [5.41, 5.74) is 9.82. The molecule has 0 heterocycles. The molecule has 0 unspecified atom stereocenters. The summed E-state index contributed by atoms with van der Waals surface area (Å²) in [4.78, 5) is 0. The molecule has 6 rings (SSSR count). The van der Waals surface area contributed by atoms with Crippen molar-refractivity contribution in [2.75, 3.05) is 0 Å². The fourth-order valence-corrected chi connectivity index (χ4v) is 5.25. The Hall–Kier alpha value is -2.22. The van der Waals surface area contributed by atoms with Gasteiger partial charge in [0.25, 0.3) is 0 Å². The third kappa shape index (κ3) is 9.89. The molecule has 44 heavy (non-hydrogen) atoms. The topological polar surface area (TPSA) is 0 Å². The van der Waals surface area contributed by atoms with Crippen molar-refractivity contribution in [1.82, 2.24) is 0 Å². The zero-order valence-corrected chi connectivity index (χ0v) is 32.3. The molecule has 0 aromatic heterocycles. The van der Waals surface area contributed by atoms with Crippen LogP contribution in [0.2, 0.25) is 13.1 Å². The fraction of sp³-hybridized carbons (Fsp3) is 0.250. The molecule has 0 fully saturated rings. The van der Waals surface area contributed by atoms with E-state index in [4.69, 9.17) is 0 Å². The van der Waals surface area contributed by atoms with Gasteiger partial charge < -0.3 is 24.8 Å². The standard InChI is InChI=1S/C20H21.C18H17.C2H6Si.2ClH.Zr/c1-14-12-16-6-5-7-18(19(16)13-14)15-8-10-17(11-9-15)20(2,3)4;1-13(2)16-11-15-9-6-10-17(18(15)12-16)14-7-4-3-5-8-14;1-3-2;;;/h5-13H,1-4H3;3-13H,1-2H3;1-2H3;2*1H;/q2*-1;;;;+2/p-2. The van der Waals surface area contributed by atoms with Gasteiger partial charge in [-0.05, 0) is 28.0 Å². The summed E-state index contributed by atoms with van der Waals surface area (Å²) in [6.07, 6.45) is 0. The van der Waals surface area contributed by atoms with Crippen molar-refractivity contribution < 1.29 is 48.1 Å². The first kappa shape index (κ1) is 38.0. The van der Waals surface area contributed by atoms with E-state index in [-0.39, 0.29) is 35.7 Å². The van der Waals surface area contributed by atoms with Crippen molar-refractivity contribution in [2.24, 2.45) is 0 Å². The third-order valence-corrected chi connectivity index (χ3v) is 7.48. The molecule has 0 radical (unpaired) electrons. The Kier molecular flexibility index (Phi) is 14.6. The minimum atomic E-state index is 0. The molecule has 0 saturated carbocycles. The largest absolute Gasteiger partial charge is 1.00 e. The number of halogens is 2. The van der Waals surface area contributed by atoms with E-state index in [1.165, 1.54) is 60.5 Å². The molecule has 4 heteroatoms. The van der Waals surface area contributed by atoms with Gasteiger partial charge in [-0.3, -0.25) is 0 Å². The van der Waals surface area contributed by atoms with E-state index in [1.54, 1.807) is 23.3 Å². The SMILES string of the molecule is CC(C)c1cc2c(-c3ccccc3)cccc2[cH-]1.C[Si](C)=[Zr+2].Cc1cc2c(-c3ccc(C(C)(C)C)cc3)cccc2[cH-]1.[Cl-].[Cl-]. The van der Waals surface area contributed by atoms with Crippen LogP contribution < -0.4 is 24.8 Å². The first-order chi connectivity index (χ1) is 19.9. The minimum Gasteiger partial charge on any atom is -1.00 e. The van der Waals surface area contributed by atoms with Gasteiger partial charge in [0.1, 0.15) is 0 Å². The maximum atomic E-state index is 2.34. The Morgan fingerprint density at radius 1 is 0.636 bits per heavy atom. The molecular formula is C40H44Cl2SiZr-2. The van der Waals surface area contributed by atoms with Crippen LogP contribution >= 0.6 is 0 Å². The van der Waals surface area contributed by atoms with E-state index in [9.17, 15) is 0 Å². The average Bonchev–Trinajstić information content (AvgIpc) is 3.56. The molecule has 0 aliphatic rings. The molecular weight excluding hydrogens is 671 g/mol. The van der Waals surface area contributed by atoms with Crippen molar-refractivity contribution in [2.45, 2.75) is 66.0 Å². The molecule has 0 N–H and O–H groups in total. The van der Waals surface area contributed by atoms with E-state index in [1.807, 2.05) is 0 Å². The van der Waals surface area contributed by atoms with Crippen LogP contribution in [0.5, 0.6) is 0 Å². The van der Waals surface area contributed by atoms with Gasteiger partial charge in [0.05, 0.1) is 0 Å². The number of hydrogen-bond donors (Lipinski definition) is 0. The second kappa shape index (κ2) is 16.9. The van der Waals surface area contributed by atoms with Crippen molar-refractivity contribution in [1.29, 1.82) is 0 Å². The van der Waals surface area contributed by atoms with Crippen LogP contribution in [0.1, 0.15) is 57.2 Å². The van der Waals surface area contributed by atoms with Crippen molar-refractivity contribution in [3.05, 3.63) is 132 Å². The minimum absolute atomic E-state index is 0. The summed E-state index contributed by atoms with van der Waals surface area (Å²) in [7, 11) is 0. The monoisotopic (exact) mass is 712 g/mol. The molecule has 0 spiro atoms. The molecule has 0 saturated heterocycles. The zero-order chi connectivity index (χ0) is 30.4. The predicted octanol–water partition coefficient (Wildman–Crippen LogP) is 5.97. The smallest absolute Gasteiger partial charge is 0.0132 e. The van der Waals surface area contributed by atoms with Crippen molar-refractivity contribution in [3.63, 3.8) is 0 Å². The summed E-state index contributed by atoms with van der Waals surface area (Å²) >= 11 is 1.74. The molecule has 0 aliphatic carbocycles. The van der Waals surface area contributed by atoms with Gasteiger partial charge in [0, 0.05) is 0 Å². The van der Waals surface area contributed by atoms with Crippen LogP contribution in [-0.2, 0) is 28.8 Å². The number of rotatable bonds is 3. The van der Waals surface area contributed by atoms with E-state index in [0.29, 0.717) is 5.92 Å². The average molecular weight is 715 g/mol. The Morgan fingerprint density at radius 2 is 1.11 bits per heavy atom. The van der Waals surface area contributed by atoms with E-state index in [2.05, 4.69) is 170 Å². The molecule has 228 valence electrons. The number of benzene rings is 4. The Morgan fingerprint density at radius 3 is 1.61 bits per heavy atom. The van der Waals surface area contributed by atoms with Crippen LogP contribution in [0.15, 0.2) is 115 Å². The van der Waals surface area contributed by atoms with Crippen LogP contribution in [0, 0.1) is 6.92 Å².